The van der Waals surface area contributed by atoms with Gasteiger partial charge in [0, 0.05) is 16.7 Å². The largest absolute Gasteiger partial charge is 0.468 e. The van der Waals surface area contributed by atoms with Crippen molar-refractivity contribution in [1.82, 2.24) is 5.32 Å². The van der Waals surface area contributed by atoms with Crippen molar-refractivity contribution < 1.29 is 28.7 Å². The molecular formula is C21H18ClNO6. The molecule has 29 heavy (non-hydrogen) atoms. The predicted octanol–water partition coefficient (Wildman–Crippen LogP) is 2.44. The van der Waals surface area contributed by atoms with Crippen LogP contribution in [0.4, 0.5) is 0 Å². The highest BCUT2D eigenvalue weighted by Gasteiger charge is 2.31. The predicted molar refractivity (Wildman–Crippen MR) is 106 cm³/mol. The molecule has 1 N–H and O–H groups in total. The summed E-state index contributed by atoms with van der Waals surface area (Å²) in [7, 11) is 1.15. The number of hydrogen-bond donors (Lipinski definition) is 1. The van der Waals surface area contributed by atoms with Gasteiger partial charge in [-0.05, 0) is 35.9 Å². The lowest BCUT2D eigenvalue weighted by molar-refractivity contribution is -0.149. The second-order valence-electron chi connectivity index (χ2n) is 5.73. The van der Waals surface area contributed by atoms with Crippen molar-refractivity contribution >= 4 is 41.3 Å². The minimum absolute atomic E-state index is 0.118. The van der Waals surface area contributed by atoms with Crippen molar-refractivity contribution in [2.45, 2.75) is 6.10 Å². The van der Waals surface area contributed by atoms with E-state index in [1.807, 2.05) is 6.07 Å². The number of amides is 1. The van der Waals surface area contributed by atoms with Gasteiger partial charge in [-0.25, -0.2) is 4.79 Å². The fourth-order valence-corrected chi connectivity index (χ4v) is 2.33. The fourth-order valence-electron chi connectivity index (χ4n) is 2.20. The van der Waals surface area contributed by atoms with E-state index in [4.69, 9.17) is 16.3 Å². The number of carbonyl (C=O) groups is 4. The summed E-state index contributed by atoms with van der Waals surface area (Å²) < 4.78 is 9.51. The Bertz CT molecular complexity index is 909. The van der Waals surface area contributed by atoms with Gasteiger partial charge in [0.15, 0.2) is 0 Å². The fraction of sp³-hybridized carbons (Fsp3) is 0.143. The minimum atomic E-state index is -1.78. The van der Waals surface area contributed by atoms with Crippen molar-refractivity contribution in [1.29, 1.82) is 0 Å². The molecule has 0 aliphatic heterocycles. The van der Waals surface area contributed by atoms with E-state index in [0.717, 1.165) is 18.7 Å². The average Bonchev–Trinajstić information content (AvgIpc) is 2.74. The topological polar surface area (TPSA) is 98.8 Å². The summed E-state index contributed by atoms with van der Waals surface area (Å²) in [4.78, 5) is 48.5. The Labute approximate surface area is 172 Å². The summed E-state index contributed by atoms with van der Waals surface area (Å²) in [5.41, 5.74) is 0.854. The zero-order valence-corrected chi connectivity index (χ0v) is 16.2. The number of ether oxygens (including phenoxy) is 2. The summed E-state index contributed by atoms with van der Waals surface area (Å²) in [6.07, 6.45) is 0.803. The molecule has 1 unspecified atom stereocenters. The second kappa shape index (κ2) is 10.8. The smallest absolute Gasteiger partial charge is 0.332 e. The number of Topliss-reactive ketones (excluding diaryl/α,β-unsaturated/α-hetero) is 1. The van der Waals surface area contributed by atoms with Crippen LogP contribution >= 0.6 is 11.6 Å². The molecule has 2 aromatic rings. The standard InChI is InChI=1S/C21H18ClNO6/c1-28-18(25)13-23-21(27)20(19(26)15-8-10-16(22)11-9-15)29-17(24)12-7-14-5-3-2-4-6-14/h2-12,20H,13H2,1H3,(H,23,27)/b12-7+. The van der Waals surface area contributed by atoms with Crippen LogP contribution < -0.4 is 5.32 Å². The van der Waals surface area contributed by atoms with E-state index >= 15 is 0 Å². The number of nitrogens with one attached hydrogen (secondary N) is 1. The first-order valence-electron chi connectivity index (χ1n) is 8.48. The van der Waals surface area contributed by atoms with E-state index in [2.05, 4.69) is 10.1 Å². The van der Waals surface area contributed by atoms with Crippen molar-refractivity contribution in [3.8, 4) is 0 Å². The number of halogens is 1. The van der Waals surface area contributed by atoms with Gasteiger partial charge in [0.1, 0.15) is 6.54 Å². The molecule has 0 spiro atoms. The molecule has 0 bridgehead atoms. The molecule has 0 heterocycles. The van der Waals surface area contributed by atoms with Crippen LogP contribution in [0, 0.1) is 0 Å². The molecule has 0 aliphatic rings. The van der Waals surface area contributed by atoms with E-state index in [9.17, 15) is 19.2 Å². The molecule has 0 aliphatic carbocycles. The second-order valence-corrected chi connectivity index (χ2v) is 6.16. The first kappa shape index (κ1) is 21.8. The molecule has 2 aromatic carbocycles. The zero-order valence-electron chi connectivity index (χ0n) is 15.5. The van der Waals surface area contributed by atoms with Crippen LogP contribution in [0.5, 0.6) is 0 Å². The van der Waals surface area contributed by atoms with Gasteiger partial charge in [0.25, 0.3) is 5.91 Å². The highest BCUT2D eigenvalue weighted by Crippen LogP contribution is 2.13. The van der Waals surface area contributed by atoms with Crippen LogP contribution in [0.15, 0.2) is 60.7 Å². The number of esters is 2. The van der Waals surface area contributed by atoms with Crippen molar-refractivity contribution in [2.75, 3.05) is 13.7 Å². The van der Waals surface area contributed by atoms with Crippen LogP contribution in [0.1, 0.15) is 15.9 Å². The van der Waals surface area contributed by atoms with Crippen molar-refractivity contribution in [3.63, 3.8) is 0 Å². The van der Waals surface area contributed by atoms with Crippen LogP contribution in [-0.2, 0) is 23.9 Å². The highest BCUT2D eigenvalue weighted by atomic mass is 35.5. The summed E-state index contributed by atoms with van der Waals surface area (Å²) in [5, 5.41) is 2.61. The number of benzene rings is 2. The number of rotatable bonds is 8. The minimum Gasteiger partial charge on any atom is -0.468 e. The third-order valence-electron chi connectivity index (χ3n) is 3.69. The number of hydrogen-bond acceptors (Lipinski definition) is 6. The Morgan fingerprint density at radius 1 is 1.03 bits per heavy atom. The van der Waals surface area contributed by atoms with Gasteiger partial charge in [-0.2, -0.15) is 0 Å². The summed E-state index contributed by atoms with van der Waals surface area (Å²) in [5.74, 6) is -3.32. The maximum absolute atomic E-state index is 12.7. The molecule has 0 saturated carbocycles. The number of ketones is 1. The molecule has 2 rings (SSSR count). The number of carbonyl (C=O) groups excluding carboxylic acids is 4. The third kappa shape index (κ3) is 6.90. The van der Waals surface area contributed by atoms with E-state index in [1.165, 1.54) is 30.3 Å². The van der Waals surface area contributed by atoms with Crippen LogP contribution in [0.25, 0.3) is 6.08 Å². The first-order valence-corrected chi connectivity index (χ1v) is 8.86. The van der Waals surface area contributed by atoms with Crippen LogP contribution in [0.2, 0.25) is 5.02 Å². The Hall–Kier alpha value is -3.45. The molecule has 8 heteroatoms. The van der Waals surface area contributed by atoms with E-state index in [0.29, 0.717) is 5.02 Å². The maximum Gasteiger partial charge on any atom is 0.332 e. The average molecular weight is 416 g/mol. The number of methoxy groups -OCH3 is 1. The van der Waals surface area contributed by atoms with E-state index < -0.39 is 36.3 Å². The Kier molecular flexibility index (Phi) is 8.12. The zero-order chi connectivity index (χ0) is 21.2. The quantitative estimate of drug-likeness (QED) is 0.308. The molecule has 150 valence electrons. The molecular weight excluding hydrogens is 398 g/mol. The van der Waals surface area contributed by atoms with Gasteiger partial charge in [0.05, 0.1) is 7.11 Å². The van der Waals surface area contributed by atoms with Gasteiger partial charge >= 0.3 is 11.9 Å². The molecule has 0 saturated heterocycles. The van der Waals surface area contributed by atoms with Gasteiger partial charge in [0.2, 0.25) is 11.9 Å². The summed E-state index contributed by atoms with van der Waals surface area (Å²) in [6, 6.07) is 14.7. The van der Waals surface area contributed by atoms with Gasteiger partial charge < -0.3 is 14.8 Å². The Balaban J connectivity index is 2.16. The van der Waals surface area contributed by atoms with Gasteiger partial charge in [-0.1, -0.05) is 41.9 Å². The molecule has 1 amide bonds. The van der Waals surface area contributed by atoms with Crippen LogP contribution in [-0.4, -0.2) is 43.4 Å². The first-order chi connectivity index (χ1) is 13.9. The molecule has 7 nitrogen and oxygen atoms in total. The lowest BCUT2D eigenvalue weighted by atomic mass is 10.1. The SMILES string of the molecule is COC(=O)CNC(=O)C(OC(=O)/C=C/c1ccccc1)C(=O)c1ccc(Cl)cc1. The molecule has 0 fully saturated rings. The lowest BCUT2D eigenvalue weighted by Gasteiger charge is -2.15. The van der Waals surface area contributed by atoms with Crippen LogP contribution in [0.3, 0.4) is 0 Å². The molecule has 1 atom stereocenters. The van der Waals surface area contributed by atoms with Gasteiger partial charge in [-0.15, -0.1) is 0 Å². The van der Waals surface area contributed by atoms with E-state index in [1.54, 1.807) is 24.3 Å². The maximum atomic E-state index is 12.7. The monoisotopic (exact) mass is 415 g/mol. The summed E-state index contributed by atoms with van der Waals surface area (Å²) >= 11 is 5.81. The van der Waals surface area contributed by atoms with E-state index in [-0.39, 0.29) is 5.56 Å². The van der Waals surface area contributed by atoms with Gasteiger partial charge in [-0.3, -0.25) is 14.4 Å². The Morgan fingerprint density at radius 3 is 2.31 bits per heavy atom. The molecule has 0 aromatic heterocycles. The normalized spacial score (nSPS) is 11.5. The third-order valence-corrected chi connectivity index (χ3v) is 3.94. The molecule has 0 radical (unpaired) electrons. The highest BCUT2D eigenvalue weighted by molar-refractivity contribution is 6.30. The van der Waals surface area contributed by atoms with Crippen molar-refractivity contribution in [3.05, 3.63) is 76.8 Å². The Morgan fingerprint density at radius 2 is 1.69 bits per heavy atom. The lowest BCUT2D eigenvalue weighted by Crippen LogP contribution is -2.44. The summed E-state index contributed by atoms with van der Waals surface area (Å²) in [6.45, 7) is -0.475. The van der Waals surface area contributed by atoms with Crippen molar-refractivity contribution in [2.24, 2.45) is 0 Å².